The van der Waals surface area contributed by atoms with Crippen LogP contribution >= 0.6 is 0 Å². The average molecular weight is 341 g/mol. The van der Waals surface area contributed by atoms with Crippen molar-refractivity contribution in [1.29, 1.82) is 0 Å². The fourth-order valence-electron chi connectivity index (χ4n) is 3.26. The summed E-state index contributed by atoms with van der Waals surface area (Å²) in [5, 5.41) is 9.74. The molecule has 0 aliphatic carbocycles. The Bertz CT molecular complexity index is 607. The molecule has 0 aliphatic heterocycles. The number of para-hydroxylation sites is 1. The first kappa shape index (κ1) is 19.4. The first-order chi connectivity index (χ1) is 12.3. The van der Waals surface area contributed by atoms with E-state index in [-0.39, 0.29) is 0 Å². The average Bonchev–Trinajstić information content (AvgIpc) is 2.65. The van der Waals surface area contributed by atoms with Crippen molar-refractivity contribution in [1.82, 2.24) is 0 Å². The molecule has 136 valence electrons. The van der Waals surface area contributed by atoms with Crippen molar-refractivity contribution in [3.05, 3.63) is 59.7 Å². The Hall–Kier alpha value is -1.96. The molecule has 0 bridgehead atoms. The molecule has 1 N–H and O–H groups in total. The van der Waals surface area contributed by atoms with E-state index in [0.717, 1.165) is 24.2 Å². The molecule has 0 atom stereocenters. The highest BCUT2D eigenvalue weighted by Crippen LogP contribution is 2.19. The summed E-state index contributed by atoms with van der Waals surface area (Å²) in [6.45, 7) is 0. The largest absolute Gasteiger partial charge is 0.508 e. The molecule has 0 heterocycles. The Balaban J connectivity index is 1.44. The lowest BCUT2D eigenvalue weighted by Gasteiger charge is -2.05. The standard InChI is InChI=1S/C23H32O2/c1-25-22-17-12-14-20(19-22)13-8-6-4-2-3-5-7-9-15-21-16-10-11-18-23(21)24/h10-12,14,16-19,24H,2-9,13,15H2,1H3. The fourth-order valence-corrected chi connectivity index (χ4v) is 3.26. The van der Waals surface area contributed by atoms with Gasteiger partial charge in [0.05, 0.1) is 7.11 Å². The SMILES string of the molecule is COc1cccc(CCCCCCCCCCc2ccccc2O)c1. The minimum absolute atomic E-state index is 0.443. The molecule has 25 heavy (non-hydrogen) atoms. The summed E-state index contributed by atoms with van der Waals surface area (Å²) in [6, 6.07) is 16.1. The van der Waals surface area contributed by atoms with Gasteiger partial charge in [0.1, 0.15) is 11.5 Å². The van der Waals surface area contributed by atoms with Crippen LogP contribution in [0.5, 0.6) is 11.5 Å². The summed E-state index contributed by atoms with van der Waals surface area (Å²) in [5.41, 5.74) is 2.46. The third kappa shape index (κ3) is 7.64. The number of ether oxygens (including phenoxy) is 1. The minimum atomic E-state index is 0.443. The van der Waals surface area contributed by atoms with Crippen molar-refractivity contribution in [2.75, 3.05) is 7.11 Å². The van der Waals surface area contributed by atoms with Gasteiger partial charge in [0.2, 0.25) is 0 Å². The van der Waals surface area contributed by atoms with E-state index in [2.05, 4.69) is 18.2 Å². The van der Waals surface area contributed by atoms with Crippen LogP contribution in [0.15, 0.2) is 48.5 Å². The lowest BCUT2D eigenvalue weighted by molar-refractivity contribution is 0.414. The predicted octanol–water partition coefficient (Wildman–Crippen LogP) is 6.31. The monoisotopic (exact) mass is 340 g/mol. The van der Waals surface area contributed by atoms with Crippen LogP contribution < -0.4 is 4.74 Å². The van der Waals surface area contributed by atoms with Gasteiger partial charge in [-0.2, -0.15) is 0 Å². The van der Waals surface area contributed by atoms with Gasteiger partial charge in [0.15, 0.2) is 0 Å². The van der Waals surface area contributed by atoms with Gasteiger partial charge < -0.3 is 9.84 Å². The molecule has 0 spiro atoms. The zero-order chi connectivity index (χ0) is 17.7. The molecule has 0 aromatic heterocycles. The highest BCUT2D eigenvalue weighted by Gasteiger charge is 2.00. The summed E-state index contributed by atoms with van der Waals surface area (Å²) in [7, 11) is 1.72. The van der Waals surface area contributed by atoms with E-state index in [1.807, 2.05) is 24.3 Å². The Labute approximate surface area is 152 Å². The van der Waals surface area contributed by atoms with Crippen molar-refractivity contribution in [2.45, 2.75) is 64.2 Å². The molecule has 0 radical (unpaired) electrons. The molecule has 0 saturated carbocycles. The van der Waals surface area contributed by atoms with Gasteiger partial charge in [0.25, 0.3) is 0 Å². The molecule has 2 heteroatoms. The number of unbranched alkanes of at least 4 members (excludes halogenated alkanes) is 7. The van der Waals surface area contributed by atoms with Gasteiger partial charge in [-0.05, 0) is 55.0 Å². The zero-order valence-electron chi connectivity index (χ0n) is 15.5. The van der Waals surface area contributed by atoms with Gasteiger partial charge in [-0.15, -0.1) is 0 Å². The summed E-state index contributed by atoms with van der Waals surface area (Å²) in [6.07, 6.45) is 12.5. The van der Waals surface area contributed by atoms with E-state index in [1.54, 1.807) is 13.2 Å². The fraction of sp³-hybridized carbons (Fsp3) is 0.478. The van der Waals surface area contributed by atoms with Gasteiger partial charge in [-0.3, -0.25) is 0 Å². The van der Waals surface area contributed by atoms with E-state index in [9.17, 15) is 5.11 Å². The van der Waals surface area contributed by atoms with Crippen molar-refractivity contribution < 1.29 is 9.84 Å². The van der Waals surface area contributed by atoms with Crippen LogP contribution in [0.25, 0.3) is 0 Å². The zero-order valence-corrected chi connectivity index (χ0v) is 15.5. The van der Waals surface area contributed by atoms with Gasteiger partial charge in [-0.1, -0.05) is 68.9 Å². The molecule has 0 aliphatic rings. The van der Waals surface area contributed by atoms with Crippen LogP contribution in [-0.4, -0.2) is 12.2 Å². The van der Waals surface area contributed by atoms with Crippen molar-refractivity contribution in [3.8, 4) is 11.5 Å². The molecular formula is C23H32O2. The highest BCUT2D eigenvalue weighted by molar-refractivity contribution is 5.31. The van der Waals surface area contributed by atoms with Crippen LogP contribution in [0.1, 0.15) is 62.5 Å². The van der Waals surface area contributed by atoms with Gasteiger partial charge in [-0.25, -0.2) is 0 Å². The van der Waals surface area contributed by atoms with Crippen LogP contribution in [0.3, 0.4) is 0 Å². The molecule has 0 amide bonds. The minimum Gasteiger partial charge on any atom is -0.508 e. The molecule has 0 fully saturated rings. The topological polar surface area (TPSA) is 29.5 Å². The van der Waals surface area contributed by atoms with Crippen LogP contribution in [0.2, 0.25) is 0 Å². The first-order valence-corrected chi connectivity index (χ1v) is 9.69. The van der Waals surface area contributed by atoms with Crippen molar-refractivity contribution in [2.24, 2.45) is 0 Å². The van der Waals surface area contributed by atoms with E-state index in [0.29, 0.717) is 5.75 Å². The maximum Gasteiger partial charge on any atom is 0.119 e. The summed E-state index contributed by atoms with van der Waals surface area (Å²) >= 11 is 0. The number of rotatable bonds is 12. The number of phenolic OH excluding ortho intramolecular Hbond substituents is 1. The Morgan fingerprint density at radius 2 is 1.36 bits per heavy atom. The first-order valence-electron chi connectivity index (χ1n) is 9.69. The van der Waals surface area contributed by atoms with Crippen LogP contribution in [-0.2, 0) is 12.8 Å². The van der Waals surface area contributed by atoms with E-state index in [4.69, 9.17) is 4.74 Å². The van der Waals surface area contributed by atoms with Gasteiger partial charge in [0, 0.05) is 0 Å². The van der Waals surface area contributed by atoms with E-state index >= 15 is 0 Å². The second kappa shape index (κ2) is 11.6. The predicted molar refractivity (Wildman–Crippen MR) is 105 cm³/mol. The molecule has 2 aromatic rings. The molecule has 2 nitrogen and oxygen atoms in total. The lowest BCUT2D eigenvalue weighted by Crippen LogP contribution is -1.89. The maximum absolute atomic E-state index is 9.74. The molecule has 2 rings (SSSR count). The van der Waals surface area contributed by atoms with Crippen molar-refractivity contribution >= 4 is 0 Å². The molecule has 0 saturated heterocycles. The quantitative estimate of drug-likeness (QED) is 0.459. The number of phenols is 1. The highest BCUT2D eigenvalue weighted by atomic mass is 16.5. The van der Waals surface area contributed by atoms with Crippen LogP contribution in [0, 0.1) is 0 Å². The molecular weight excluding hydrogens is 308 g/mol. The third-order valence-corrected chi connectivity index (χ3v) is 4.79. The molecule has 2 aromatic carbocycles. The Kier molecular flexibility index (Phi) is 8.96. The summed E-state index contributed by atoms with van der Waals surface area (Å²) < 4.78 is 5.27. The van der Waals surface area contributed by atoms with E-state index in [1.165, 1.54) is 56.9 Å². The Morgan fingerprint density at radius 3 is 2.04 bits per heavy atom. The van der Waals surface area contributed by atoms with Crippen molar-refractivity contribution in [3.63, 3.8) is 0 Å². The number of hydrogen-bond acceptors (Lipinski definition) is 2. The number of methoxy groups -OCH3 is 1. The lowest BCUT2D eigenvalue weighted by atomic mass is 10.0. The van der Waals surface area contributed by atoms with Gasteiger partial charge >= 0.3 is 0 Å². The summed E-state index contributed by atoms with van der Waals surface area (Å²) in [4.78, 5) is 0. The normalized spacial score (nSPS) is 10.8. The molecule has 0 unspecified atom stereocenters. The Morgan fingerprint density at radius 1 is 0.720 bits per heavy atom. The smallest absolute Gasteiger partial charge is 0.119 e. The van der Waals surface area contributed by atoms with Crippen LogP contribution in [0.4, 0.5) is 0 Å². The second-order valence-corrected chi connectivity index (χ2v) is 6.81. The second-order valence-electron chi connectivity index (χ2n) is 6.81. The number of benzene rings is 2. The number of aromatic hydroxyl groups is 1. The third-order valence-electron chi connectivity index (χ3n) is 4.79. The summed E-state index contributed by atoms with van der Waals surface area (Å²) in [5.74, 6) is 1.40. The number of hydrogen-bond donors (Lipinski definition) is 1. The van der Waals surface area contributed by atoms with E-state index < -0.39 is 0 Å². The number of aryl methyl sites for hydroxylation is 2. The maximum atomic E-state index is 9.74.